The van der Waals surface area contributed by atoms with Crippen molar-refractivity contribution < 1.29 is 18.1 Å². The van der Waals surface area contributed by atoms with Crippen LogP contribution in [0.5, 0.6) is 5.75 Å². The summed E-state index contributed by atoms with van der Waals surface area (Å²) in [5.41, 5.74) is 0.705. The van der Waals surface area contributed by atoms with Gasteiger partial charge in [0.05, 0.1) is 11.4 Å². The molecule has 0 fully saturated rings. The second-order valence-electron chi connectivity index (χ2n) is 5.28. The van der Waals surface area contributed by atoms with Crippen molar-refractivity contribution in [1.82, 2.24) is 0 Å². The fourth-order valence-corrected chi connectivity index (χ4v) is 3.05. The normalized spacial score (nSPS) is 12.4. The zero-order chi connectivity index (χ0) is 18.7. The van der Waals surface area contributed by atoms with Gasteiger partial charge in [-0.1, -0.05) is 24.3 Å². The summed E-state index contributed by atoms with van der Waals surface area (Å²) < 4.78 is 32.9. The minimum Gasteiger partial charge on any atom is -0.505 e. The van der Waals surface area contributed by atoms with Crippen molar-refractivity contribution >= 4 is 38.0 Å². The van der Waals surface area contributed by atoms with E-state index in [-0.39, 0.29) is 11.4 Å². The summed E-state index contributed by atoms with van der Waals surface area (Å²) >= 11 is 0. The van der Waals surface area contributed by atoms with Crippen LogP contribution in [0.3, 0.4) is 0 Å². The van der Waals surface area contributed by atoms with Gasteiger partial charge < -0.3 is 5.11 Å². The lowest BCUT2D eigenvalue weighted by Gasteiger charge is -2.08. The molecule has 0 aromatic heterocycles. The molecule has 0 saturated carbocycles. The first-order chi connectivity index (χ1) is 12.4. The van der Waals surface area contributed by atoms with Crippen LogP contribution in [0.2, 0.25) is 0 Å². The highest BCUT2D eigenvalue weighted by Crippen LogP contribution is 2.41. The highest BCUT2D eigenvalue weighted by Gasteiger charge is 2.21. The van der Waals surface area contributed by atoms with E-state index in [9.17, 15) is 18.1 Å². The van der Waals surface area contributed by atoms with E-state index >= 15 is 0 Å². The molecule has 0 saturated heterocycles. The van der Waals surface area contributed by atoms with Gasteiger partial charge in [0.2, 0.25) is 0 Å². The number of hydrogen-bond acceptors (Lipinski definition) is 7. The lowest BCUT2D eigenvalue weighted by atomic mass is 10.1. The van der Waals surface area contributed by atoms with E-state index in [2.05, 4.69) is 20.5 Å². The van der Waals surface area contributed by atoms with Crippen molar-refractivity contribution in [2.45, 2.75) is 4.90 Å². The molecular weight excluding hydrogens is 356 g/mol. The van der Waals surface area contributed by atoms with E-state index in [0.717, 1.165) is 0 Å². The van der Waals surface area contributed by atoms with Crippen LogP contribution in [0.15, 0.2) is 79.9 Å². The molecule has 8 nitrogen and oxygen atoms in total. The van der Waals surface area contributed by atoms with Crippen LogP contribution >= 0.6 is 0 Å². The van der Waals surface area contributed by atoms with Crippen LogP contribution in [-0.2, 0) is 10.1 Å². The van der Waals surface area contributed by atoms with Crippen LogP contribution in [0.1, 0.15) is 0 Å². The van der Waals surface area contributed by atoms with Gasteiger partial charge in [0, 0.05) is 12.4 Å². The summed E-state index contributed by atoms with van der Waals surface area (Å²) in [4.78, 5) is -0.520. The lowest BCUT2D eigenvalue weighted by Crippen LogP contribution is -1.99. The molecule has 0 unspecified atom stereocenters. The van der Waals surface area contributed by atoms with E-state index in [1.54, 1.807) is 55.6 Å². The summed E-state index contributed by atoms with van der Waals surface area (Å²) in [6, 6.07) is 14.4. The Morgan fingerprint density at radius 3 is 2.12 bits per heavy atom. The Morgan fingerprint density at radius 2 is 1.50 bits per heavy atom. The number of aromatic hydroxyl groups is 1. The summed E-state index contributed by atoms with van der Waals surface area (Å²) in [7, 11) is -3.06. The standard InChI is InChI=1S/C17H14N4O4S/c1-18-19-12-6-8-13(9-7-12)20-21-16-15(26(23,24)25)10-11-4-2-3-5-14(11)17(16)22/h2-10,22H,1H3,(H,23,24,25). The fourth-order valence-electron chi connectivity index (χ4n) is 2.39. The molecule has 3 aromatic carbocycles. The number of fused-ring (bicyclic) bond motifs is 1. The van der Waals surface area contributed by atoms with Crippen LogP contribution in [-0.4, -0.2) is 25.1 Å². The monoisotopic (exact) mass is 370 g/mol. The largest absolute Gasteiger partial charge is 0.505 e. The third-order valence-electron chi connectivity index (χ3n) is 3.57. The first kappa shape index (κ1) is 17.6. The number of rotatable bonds is 4. The van der Waals surface area contributed by atoms with Crippen molar-refractivity contribution in [3.63, 3.8) is 0 Å². The van der Waals surface area contributed by atoms with E-state index in [0.29, 0.717) is 22.1 Å². The average Bonchev–Trinajstić information content (AvgIpc) is 2.61. The summed E-state index contributed by atoms with van der Waals surface area (Å²) in [6.45, 7) is 0. The van der Waals surface area contributed by atoms with Crippen molar-refractivity contribution in [3.05, 3.63) is 54.6 Å². The van der Waals surface area contributed by atoms with Gasteiger partial charge in [0.25, 0.3) is 10.1 Å². The molecule has 2 N–H and O–H groups in total. The first-order valence-electron chi connectivity index (χ1n) is 7.44. The van der Waals surface area contributed by atoms with Crippen LogP contribution in [0.4, 0.5) is 17.1 Å². The number of nitrogens with zero attached hydrogens (tertiary/aromatic N) is 4. The molecule has 0 heterocycles. The van der Waals surface area contributed by atoms with E-state index in [1.807, 2.05) is 0 Å². The Bertz CT molecular complexity index is 1120. The topological polar surface area (TPSA) is 124 Å². The molecule has 132 valence electrons. The smallest absolute Gasteiger partial charge is 0.296 e. The van der Waals surface area contributed by atoms with E-state index < -0.39 is 15.0 Å². The highest BCUT2D eigenvalue weighted by atomic mass is 32.2. The van der Waals surface area contributed by atoms with Crippen molar-refractivity contribution in [1.29, 1.82) is 0 Å². The molecule has 0 atom stereocenters. The second-order valence-corrected chi connectivity index (χ2v) is 6.67. The number of benzene rings is 3. The van der Waals surface area contributed by atoms with Crippen LogP contribution < -0.4 is 0 Å². The van der Waals surface area contributed by atoms with Gasteiger partial charge in [-0.05, 0) is 35.7 Å². The molecule has 0 bridgehead atoms. The average molecular weight is 370 g/mol. The van der Waals surface area contributed by atoms with Gasteiger partial charge in [0.1, 0.15) is 10.6 Å². The minimum atomic E-state index is -4.61. The third kappa shape index (κ3) is 3.58. The van der Waals surface area contributed by atoms with Gasteiger partial charge in [-0.15, -0.1) is 5.11 Å². The number of hydrogen-bond donors (Lipinski definition) is 2. The molecule has 9 heteroatoms. The molecule has 0 aliphatic rings. The van der Waals surface area contributed by atoms with Gasteiger partial charge in [-0.25, -0.2) is 0 Å². The van der Waals surface area contributed by atoms with E-state index in [4.69, 9.17) is 0 Å². The predicted octanol–water partition coefficient (Wildman–Crippen LogP) is 4.92. The quantitative estimate of drug-likeness (QED) is 0.499. The second kappa shape index (κ2) is 6.98. The minimum absolute atomic E-state index is 0.330. The summed E-state index contributed by atoms with van der Waals surface area (Å²) in [5, 5.41) is 26.6. The maximum Gasteiger partial charge on any atom is 0.296 e. The fraction of sp³-hybridized carbons (Fsp3) is 0.0588. The molecular formula is C17H14N4O4S. The number of phenols is 1. The highest BCUT2D eigenvalue weighted by molar-refractivity contribution is 7.86. The van der Waals surface area contributed by atoms with Crippen molar-refractivity contribution in [2.24, 2.45) is 20.5 Å². The number of phenolic OH excluding ortho intramolecular Hbond substituents is 1. The molecule has 3 rings (SSSR count). The summed E-state index contributed by atoms with van der Waals surface area (Å²) in [6.07, 6.45) is 0. The zero-order valence-corrected chi connectivity index (χ0v) is 14.4. The maximum atomic E-state index is 11.7. The maximum absolute atomic E-state index is 11.7. The lowest BCUT2D eigenvalue weighted by molar-refractivity contribution is 0.472. The van der Waals surface area contributed by atoms with E-state index in [1.165, 1.54) is 6.07 Å². The van der Waals surface area contributed by atoms with Crippen molar-refractivity contribution in [3.8, 4) is 5.75 Å². The molecule has 0 aliphatic heterocycles. The van der Waals surface area contributed by atoms with Crippen LogP contribution in [0, 0.1) is 0 Å². The molecule has 0 amide bonds. The SMILES string of the molecule is CN=Nc1ccc(N=Nc2c(S(=O)(=O)O)cc3ccccc3c2O)cc1. The Labute approximate surface area is 149 Å². The molecule has 0 spiro atoms. The molecule has 3 aromatic rings. The Balaban J connectivity index is 2.12. The molecule has 0 radical (unpaired) electrons. The molecule has 0 aliphatic carbocycles. The summed E-state index contributed by atoms with van der Waals surface area (Å²) in [5.74, 6) is -0.379. The Hall–Kier alpha value is -3.17. The van der Waals surface area contributed by atoms with Gasteiger partial charge >= 0.3 is 0 Å². The third-order valence-corrected chi connectivity index (χ3v) is 4.44. The zero-order valence-electron chi connectivity index (χ0n) is 13.6. The van der Waals surface area contributed by atoms with Crippen LogP contribution in [0.25, 0.3) is 10.8 Å². The molecule has 26 heavy (non-hydrogen) atoms. The Morgan fingerprint density at radius 1 is 0.885 bits per heavy atom. The first-order valence-corrected chi connectivity index (χ1v) is 8.88. The predicted molar refractivity (Wildman–Crippen MR) is 96.5 cm³/mol. The van der Waals surface area contributed by atoms with Gasteiger partial charge in [-0.2, -0.15) is 23.8 Å². The Kier molecular flexibility index (Phi) is 4.74. The van der Waals surface area contributed by atoms with Gasteiger partial charge in [0.15, 0.2) is 5.75 Å². The van der Waals surface area contributed by atoms with Gasteiger partial charge in [-0.3, -0.25) is 4.55 Å². The van der Waals surface area contributed by atoms with Crippen molar-refractivity contribution in [2.75, 3.05) is 7.05 Å². The number of azo groups is 2.